The molecule has 1 N–H and O–H groups in total. The van der Waals surface area contributed by atoms with Gasteiger partial charge in [-0.15, -0.1) is 0 Å². The molecule has 0 aromatic carbocycles. The first kappa shape index (κ1) is 35.2. The molecule has 192 valence electrons. The normalized spacial score (nSPS) is 13.2. The minimum absolute atomic E-state index is 0. The Morgan fingerprint density at radius 2 is 1.09 bits per heavy atom. The van der Waals surface area contributed by atoms with Gasteiger partial charge < -0.3 is 6.16 Å². The van der Waals surface area contributed by atoms with Crippen molar-refractivity contribution in [2.45, 2.75) is 135 Å². The average molecular weight is 501 g/mol. The second kappa shape index (κ2) is 22.5. The molecule has 8 heteroatoms. The molecule has 0 heterocycles. The van der Waals surface area contributed by atoms with Gasteiger partial charge in [0.25, 0.3) is 10.1 Å². The van der Waals surface area contributed by atoms with Crippen LogP contribution < -0.4 is 29.6 Å². The molecule has 0 bridgehead atoms. The van der Waals surface area contributed by atoms with E-state index in [1.54, 1.807) is 0 Å². The third-order valence-electron chi connectivity index (χ3n) is 6.17. The Kier molecular flexibility index (Phi) is 24.0. The van der Waals surface area contributed by atoms with E-state index in [1.807, 2.05) is 0 Å². The Morgan fingerprint density at radius 1 is 0.727 bits per heavy atom. The fourth-order valence-electron chi connectivity index (χ4n) is 4.13. The monoisotopic (exact) mass is 500 g/mol. The topological polar surface area (TPSA) is 97.7 Å². The first-order chi connectivity index (χ1) is 15.3. The number of esters is 1. The predicted octanol–water partition coefficient (Wildman–Crippen LogP) is 3.78. The minimum atomic E-state index is -4.56. The third kappa shape index (κ3) is 18.0. The van der Waals surface area contributed by atoms with Crippen LogP contribution in [0.25, 0.3) is 0 Å². The zero-order valence-corrected chi connectivity index (χ0v) is 24.6. The van der Waals surface area contributed by atoms with Gasteiger partial charge in [0.15, 0.2) is 5.78 Å². The zero-order chi connectivity index (χ0) is 24.2. The molecule has 6 nitrogen and oxygen atoms in total. The van der Waals surface area contributed by atoms with Gasteiger partial charge in [0, 0.05) is 0 Å². The quantitative estimate of drug-likeness (QED) is 0.0799. The minimum Gasteiger partial charge on any atom is -1.00 e. The molecule has 0 aliphatic heterocycles. The van der Waals surface area contributed by atoms with Gasteiger partial charge in [-0.1, -0.05) is 117 Å². The van der Waals surface area contributed by atoms with E-state index >= 15 is 0 Å². The summed E-state index contributed by atoms with van der Waals surface area (Å²) in [5.41, 5.74) is 0. The van der Waals surface area contributed by atoms with Crippen LogP contribution in [0.15, 0.2) is 0 Å². The van der Waals surface area contributed by atoms with E-state index < -0.39 is 33.0 Å². The molecular formula is C25H49NaO6S. The number of hydrogen-bond acceptors (Lipinski definition) is 5. The van der Waals surface area contributed by atoms with Crippen molar-refractivity contribution >= 4 is 21.9 Å². The molecule has 0 fully saturated rings. The summed E-state index contributed by atoms with van der Waals surface area (Å²) in [5, 5.41) is -1.54. The maximum atomic E-state index is 12.9. The summed E-state index contributed by atoms with van der Waals surface area (Å²) in [6.45, 7) is 4.35. The number of carbonyl (C=O) groups is 2. The molecule has 0 radical (unpaired) electrons. The zero-order valence-electron chi connectivity index (χ0n) is 22.8. The van der Waals surface area contributed by atoms with Gasteiger partial charge in [-0.3, -0.25) is 14.1 Å². The Labute approximate surface area is 226 Å². The van der Waals surface area contributed by atoms with Crippen LogP contribution in [0.4, 0.5) is 0 Å². The molecule has 0 aliphatic carbocycles. The van der Waals surface area contributed by atoms with Crippen molar-refractivity contribution in [3.8, 4) is 0 Å². The molecule has 2 unspecified atom stereocenters. The number of carbonyl (C=O) groups excluding carboxylic acids is 2. The molecule has 0 rings (SSSR count). The van der Waals surface area contributed by atoms with E-state index in [0.717, 1.165) is 44.9 Å². The maximum absolute atomic E-state index is 12.9. The van der Waals surface area contributed by atoms with Gasteiger partial charge in [-0.2, -0.15) is 8.42 Å². The van der Waals surface area contributed by atoms with E-state index in [-0.39, 0.29) is 43.8 Å². The summed E-state index contributed by atoms with van der Waals surface area (Å²) in [5.74, 6) is -2.55. The Hall–Kier alpha value is 0.0500. The van der Waals surface area contributed by atoms with Crippen LogP contribution in [0.5, 0.6) is 0 Å². The van der Waals surface area contributed by atoms with Gasteiger partial charge >= 0.3 is 35.5 Å². The van der Waals surface area contributed by atoms with E-state index in [4.69, 9.17) is 4.74 Å². The molecule has 0 aromatic rings. The molecule has 0 saturated carbocycles. The van der Waals surface area contributed by atoms with Crippen molar-refractivity contribution in [2.75, 3.05) is 7.11 Å². The van der Waals surface area contributed by atoms with Gasteiger partial charge in [-0.25, -0.2) is 0 Å². The largest absolute Gasteiger partial charge is 1.00 e. The number of ether oxygens (including phenoxy) is 1. The van der Waals surface area contributed by atoms with Gasteiger partial charge in [0.2, 0.25) is 0 Å². The second-order valence-electron chi connectivity index (χ2n) is 9.01. The summed E-state index contributed by atoms with van der Waals surface area (Å²) < 4.78 is 38.3. The van der Waals surface area contributed by atoms with E-state index in [0.29, 0.717) is 12.8 Å². The van der Waals surface area contributed by atoms with E-state index in [9.17, 15) is 22.6 Å². The van der Waals surface area contributed by atoms with E-state index in [2.05, 4.69) is 13.8 Å². The smallest absolute Gasteiger partial charge is 1.00 e. The van der Waals surface area contributed by atoms with Crippen LogP contribution in [0.1, 0.15) is 131 Å². The predicted molar refractivity (Wildman–Crippen MR) is 131 cm³/mol. The first-order valence-electron chi connectivity index (χ1n) is 12.9. The Morgan fingerprint density at radius 3 is 1.45 bits per heavy atom. The molecule has 33 heavy (non-hydrogen) atoms. The Bertz CT molecular complexity index is 600. The molecule has 2 atom stereocenters. The fourth-order valence-corrected chi connectivity index (χ4v) is 5.05. The van der Waals surface area contributed by atoms with Crippen LogP contribution in [0, 0.1) is 5.92 Å². The summed E-state index contributed by atoms with van der Waals surface area (Å²) in [4.78, 5) is 25.1. The molecule has 0 spiro atoms. The standard InChI is InChI=1S/C25H48O6S.Na.H/c1-4-6-8-10-12-14-16-18-20-22(25(27)31-3)24(26)23(32(28,29)30)21-19-17-15-13-11-9-7-5-2;;/h22-23H,4-21H2,1-3H3,(H,28,29,30);;/q;+1;-1. The number of unbranched alkanes of at least 4 members (excludes halogenated alkanes) is 14. The van der Waals surface area contributed by atoms with Crippen LogP contribution in [0.2, 0.25) is 0 Å². The summed E-state index contributed by atoms with van der Waals surface area (Å²) in [6.07, 6.45) is 17.1. The molecule has 0 saturated heterocycles. The molecular weight excluding hydrogens is 451 g/mol. The fraction of sp³-hybridized carbons (Fsp3) is 0.920. The van der Waals surface area contributed by atoms with Gasteiger partial charge in [-0.05, 0) is 12.8 Å². The van der Waals surface area contributed by atoms with Crippen LogP contribution in [-0.4, -0.2) is 37.1 Å². The second-order valence-corrected chi connectivity index (χ2v) is 10.6. The Balaban J connectivity index is -0.00000480. The molecule has 0 aliphatic rings. The van der Waals surface area contributed by atoms with Crippen LogP contribution in [0.3, 0.4) is 0 Å². The van der Waals surface area contributed by atoms with Crippen molar-refractivity contribution in [1.29, 1.82) is 0 Å². The van der Waals surface area contributed by atoms with Gasteiger partial charge in [0.1, 0.15) is 11.2 Å². The van der Waals surface area contributed by atoms with Crippen LogP contribution in [-0.2, 0) is 24.4 Å². The molecule has 0 amide bonds. The average Bonchev–Trinajstić information content (AvgIpc) is 2.75. The van der Waals surface area contributed by atoms with Crippen molar-refractivity contribution in [2.24, 2.45) is 5.92 Å². The third-order valence-corrected chi connectivity index (χ3v) is 7.36. The summed E-state index contributed by atoms with van der Waals surface area (Å²) in [7, 11) is -3.36. The first-order valence-corrected chi connectivity index (χ1v) is 14.4. The SMILES string of the molecule is CCCCCCCCCCC(C(=O)OC)C(=O)C(CCCCCCCCCC)S(=O)(=O)O.[H-].[Na+]. The van der Waals surface area contributed by atoms with Crippen molar-refractivity contribution < 1.29 is 58.3 Å². The number of ketones is 1. The van der Waals surface area contributed by atoms with Crippen molar-refractivity contribution in [1.82, 2.24) is 0 Å². The van der Waals surface area contributed by atoms with Crippen molar-refractivity contribution in [3.05, 3.63) is 0 Å². The number of Topliss-reactive ketones (excluding diaryl/α,β-unsaturated/α-hetero) is 1. The van der Waals surface area contributed by atoms with Crippen molar-refractivity contribution in [3.63, 3.8) is 0 Å². The van der Waals surface area contributed by atoms with Crippen LogP contribution >= 0.6 is 0 Å². The maximum Gasteiger partial charge on any atom is 1.00 e. The van der Waals surface area contributed by atoms with E-state index in [1.165, 1.54) is 52.1 Å². The summed E-state index contributed by atoms with van der Waals surface area (Å²) >= 11 is 0. The van der Waals surface area contributed by atoms with Gasteiger partial charge in [0.05, 0.1) is 7.11 Å². The summed E-state index contributed by atoms with van der Waals surface area (Å²) in [6, 6.07) is 0. The molecule has 0 aromatic heterocycles. The number of rotatable bonds is 22. The number of methoxy groups -OCH3 is 1. The number of hydrogen-bond donors (Lipinski definition) is 1.